The molecule has 1 aliphatic rings. The van der Waals surface area contributed by atoms with Crippen LogP contribution in [0.25, 0.3) is 0 Å². The minimum Gasteiger partial charge on any atom is -0.331 e. The molecule has 0 fully saturated rings. The SMILES string of the molecule is CS(=O)(=O)NC[C@@H]1CN(C(=O)c2ccc(F)c(F)c2)Cc2cncn21. The molecule has 0 saturated carbocycles. The van der Waals surface area contributed by atoms with E-state index in [4.69, 9.17) is 0 Å². The second-order valence-electron chi connectivity index (χ2n) is 5.88. The Morgan fingerprint density at radius 2 is 2.12 bits per heavy atom. The highest BCUT2D eigenvalue weighted by molar-refractivity contribution is 7.88. The van der Waals surface area contributed by atoms with Gasteiger partial charge in [-0.2, -0.15) is 0 Å². The Morgan fingerprint density at radius 1 is 1.36 bits per heavy atom. The number of sulfonamides is 1. The molecular formula is C15H16F2N4O3S. The molecule has 10 heteroatoms. The zero-order valence-corrected chi connectivity index (χ0v) is 14.1. The van der Waals surface area contributed by atoms with E-state index in [9.17, 15) is 22.0 Å². The van der Waals surface area contributed by atoms with E-state index in [0.717, 1.165) is 24.1 Å². The van der Waals surface area contributed by atoms with Gasteiger partial charge < -0.3 is 9.47 Å². The van der Waals surface area contributed by atoms with Crippen molar-refractivity contribution in [2.45, 2.75) is 12.6 Å². The van der Waals surface area contributed by atoms with Gasteiger partial charge in [0.05, 0.1) is 30.9 Å². The largest absolute Gasteiger partial charge is 0.331 e. The topological polar surface area (TPSA) is 84.3 Å². The Balaban J connectivity index is 1.83. The van der Waals surface area contributed by atoms with Crippen molar-refractivity contribution in [3.63, 3.8) is 0 Å². The van der Waals surface area contributed by atoms with Crippen molar-refractivity contribution in [3.8, 4) is 0 Å². The van der Waals surface area contributed by atoms with Crippen LogP contribution in [0.4, 0.5) is 8.78 Å². The molecule has 0 saturated heterocycles. The predicted octanol–water partition coefficient (Wildman–Crippen LogP) is 0.908. The fourth-order valence-electron chi connectivity index (χ4n) is 2.76. The van der Waals surface area contributed by atoms with Crippen molar-refractivity contribution in [2.75, 3.05) is 19.3 Å². The van der Waals surface area contributed by atoms with Gasteiger partial charge in [0.25, 0.3) is 5.91 Å². The van der Waals surface area contributed by atoms with Crippen LogP contribution in [-0.4, -0.2) is 48.1 Å². The van der Waals surface area contributed by atoms with Gasteiger partial charge >= 0.3 is 0 Å². The van der Waals surface area contributed by atoms with Crippen LogP contribution < -0.4 is 4.72 Å². The monoisotopic (exact) mass is 370 g/mol. The Morgan fingerprint density at radius 3 is 2.80 bits per heavy atom. The van der Waals surface area contributed by atoms with Crippen molar-refractivity contribution in [1.82, 2.24) is 19.2 Å². The molecule has 1 N–H and O–H groups in total. The molecule has 0 aliphatic carbocycles. The highest BCUT2D eigenvalue weighted by Gasteiger charge is 2.29. The molecule has 0 unspecified atom stereocenters. The van der Waals surface area contributed by atoms with Gasteiger partial charge in [-0.15, -0.1) is 0 Å². The van der Waals surface area contributed by atoms with E-state index in [2.05, 4.69) is 9.71 Å². The van der Waals surface area contributed by atoms with Crippen molar-refractivity contribution in [2.24, 2.45) is 0 Å². The average molecular weight is 370 g/mol. The van der Waals surface area contributed by atoms with Gasteiger partial charge in [-0.25, -0.2) is 26.9 Å². The van der Waals surface area contributed by atoms with Gasteiger partial charge in [0.2, 0.25) is 10.0 Å². The molecule has 25 heavy (non-hydrogen) atoms. The first-order chi connectivity index (χ1) is 11.7. The molecule has 1 aromatic carbocycles. The normalized spacial score (nSPS) is 17.4. The molecule has 1 aromatic heterocycles. The Bertz CT molecular complexity index is 913. The number of hydrogen-bond acceptors (Lipinski definition) is 4. The van der Waals surface area contributed by atoms with E-state index in [1.807, 2.05) is 0 Å². The summed E-state index contributed by atoms with van der Waals surface area (Å²) in [6.07, 6.45) is 4.20. The van der Waals surface area contributed by atoms with Gasteiger partial charge in [0, 0.05) is 24.8 Å². The van der Waals surface area contributed by atoms with Crippen LogP contribution in [0.3, 0.4) is 0 Å². The van der Waals surface area contributed by atoms with Crippen LogP contribution in [-0.2, 0) is 16.6 Å². The summed E-state index contributed by atoms with van der Waals surface area (Å²) in [6, 6.07) is 2.62. The number of imidazole rings is 1. The predicted molar refractivity (Wildman–Crippen MR) is 85.2 cm³/mol. The summed E-state index contributed by atoms with van der Waals surface area (Å²) in [7, 11) is -3.39. The number of halogens is 2. The summed E-state index contributed by atoms with van der Waals surface area (Å²) in [5.41, 5.74) is 0.754. The molecule has 3 rings (SSSR count). The quantitative estimate of drug-likeness (QED) is 0.867. The van der Waals surface area contributed by atoms with Gasteiger partial charge in [0.1, 0.15) is 0 Å². The summed E-state index contributed by atoms with van der Waals surface area (Å²) in [5.74, 6) is -2.58. The van der Waals surface area contributed by atoms with Crippen LogP contribution in [0.1, 0.15) is 22.1 Å². The lowest BCUT2D eigenvalue weighted by Gasteiger charge is -2.34. The van der Waals surface area contributed by atoms with Gasteiger partial charge in [-0.1, -0.05) is 0 Å². The van der Waals surface area contributed by atoms with E-state index >= 15 is 0 Å². The van der Waals surface area contributed by atoms with Gasteiger partial charge in [-0.05, 0) is 18.2 Å². The third-order valence-corrected chi connectivity index (χ3v) is 4.65. The smallest absolute Gasteiger partial charge is 0.254 e. The summed E-state index contributed by atoms with van der Waals surface area (Å²) in [5, 5.41) is 0. The first-order valence-electron chi connectivity index (χ1n) is 7.44. The second kappa shape index (κ2) is 6.52. The van der Waals surface area contributed by atoms with Crippen LogP contribution >= 0.6 is 0 Å². The summed E-state index contributed by atoms with van der Waals surface area (Å²) in [6.45, 7) is 0.542. The van der Waals surface area contributed by atoms with E-state index in [1.54, 1.807) is 17.1 Å². The number of aromatic nitrogens is 2. The Labute approximate surface area is 143 Å². The number of carbonyl (C=O) groups excluding carboxylic acids is 1. The second-order valence-corrected chi connectivity index (χ2v) is 7.71. The zero-order valence-electron chi connectivity index (χ0n) is 13.3. The lowest BCUT2D eigenvalue weighted by molar-refractivity contribution is 0.0680. The van der Waals surface area contributed by atoms with E-state index in [1.165, 1.54) is 11.0 Å². The molecule has 2 heterocycles. The van der Waals surface area contributed by atoms with Crippen molar-refractivity contribution < 1.29 is 22.0 Å². The third-order valence-electron chi connectivity index (χ3n) is 3.96. The number of fused-ring (bicyclic) bond motifs is 1. The lowest BCUT2D eigenvalue weighted by atomic mass is 10.1. The number of rotatable bonds is 4. The molecule has 2 aromatic rings. The number of hydrogen-bond donors (Lipinski definition) is 1. The standard InChI is InChI=1S/C15H16F2N4O3S/c1-25(23,24)19-6-12-8-20(7-11-5-18-9-21(11)12)15(22)10-2-3-13(16)14(17)4-10/h2-5,9,12,19H,6-8H2,1H3/t12-/m1/s1. The maximum Gasteiger partial charge on any atom is 0.254 e. The summed E-state index contributed by atoms with van der Waals surface area (Å²) in [4.78, 5) is 18.1. The fraction of sp³-hybridized carbons (Fsp3) is 0.333. The van der Waals surface area contributed by atoms with Gasteiger partial charge in [-0.3, -0.25) is 4.79 Å². The molecule has 7 nitrogen and oxygen atoms in total. The number of benzene rings is 1. The van der Waals surface area contributed by atoms with E-state index < -0.39 is 27.6 Å². The Hall–Kier alpha value is -2.33. The molecule has 0 spiro atoms. The molecule has 134 valence electrons. The number of nitrogens with one attached hydrogen (secondary N) is 1. The van der Waals surface area contributed by atoms with Crippen LogP contribution in [0.5, 0.6) is 0 Å². The minimum absolute atomic E-state index is 0.0293. The highest BCUT2D eigenvalue weighted by atomic mass is 32.2. The summed E-state index contributed by atoms with van der Waals surface area (Å²) < 4.78 is 53.3. The number of carbonyl (C=O) groups is 1. The van der Waals surface area contributed by atoms with Crippen molar-refractivity contribution in [1.29, 1.82) is 0 Å². The molecule has 0 radical (unpaired) electrons. The van der Waals surface area contributed by atoms with Crippen molar-refractivity contribution >= 4 is 15.9 Å². The van der Waals surface area contributed by atoms with Crippen LogP contribution in [0.15, 0.2) is 30.7 Å². The minimum atomic E-state index is -3.39. The summed E-state index contributed by atoms with van der Waals surface area (Å²) >= 11 is 0. The number of nitrogens with zero attached hydrogens (tertiary/aromatic N) is 3. The lowest BCUT2D eigenvalue weighted by Crippen LogP contribution is -2.44. The van der Waals surface area contributed by atoms with Crippen molar-refractivity contribution in [3.05, 3.63) is 53.6 Å². The van der Waals surface area contributed by atoms with Crippen LogP contribution in [0.2, 0.25) is 0 Å². The highest BCUT2D eigenvalue weighted by Crippen LogP contribution is 2.23. The third kappa shape index (κ3) is 3.85. The average Bonchev–Trinajstić information content (AvgIpc) is 3.02. The van der Waals surface area contributed by atoms with Gasteiger partial charge in [0.15, 0.2) is 11.6 Å². The Kier molecular flexibility index (Phi) is 4.56. The number of amides is 1. The fourth-order valence-corrected chi connectivity index (χ4v) is 3.26. The first-order valence-corrected chi connectivity index (χ1v) is 9.33. The molecular weight excluding hydrogens is 354 g/mol. The molecule has 1 atom stereocenters. The maximum atomic E-state index is 13.4. The first kappa shape index (κ1) is 17.5. The molecule has 0 bridgehead atoms. The maximum absolute atomic E-state index is 13.4. The van der Waals surface area contributed by atoms with E-state index in [-0.39, 0.29) is 31.2 Å². The zero-order chi connectivity index (χ0) is 18.2. The van der Waals surface area contributed by atoms with Crippen LogP contribution in [0, 0.1) is 11.6 Å². The van der Waals surface area contributed by atoms with E-state index in [0.29, 0.717) is 0 Å². The molecule has 1 aliphatic heterocycles. The molecule has 1 amide bonds.